The lowest BCUT2D eigenvalue weighted by molar-refractivity contribution is -0.225. The number of aliphatic hydroxyl groups is 1. The molecule has 0 fully saturated rings. The molecule has 31 heavy (non-hydrogen) atoms. The molecule has 4 nitrogen and oxygen atoms in total. The van der Waals surface area contributed by atoms with Gasteiger partial charge in [0.1, 0.15) is 6.10 Å². The summed E-state index contributed by atoms with van der Waals surface area (Å²) in [6.07, 6.45) is -0.125. The van der Waals surface area contributed by atoms with E-state index in [-0.39, 0.29) is 13.2 Å². The van der Waals surface area contributed by atoms with Gasteiger partial charge in [0.25, 0.3) is 5.53 Å². The van der Waals surface area contributed by atoms with Gasteiger partial charge in [-0.3, -0.25) is 0 Å². The molecule has 0 amide bonds. The van der Waals surface area contributed by atoms with Gasteiger partial charge in [-0.2, -0.15) is 0 Å². The average molecular weight is 439 g/mol. The molecular weight excluding hydrogens is 407 g/mol. The van der Waals surface area contributed by atoms with E-state index in [2.05, 4.69) is 0 Å². The molecule has 0 saturated carbocycles. The van der Waals surface area contributed by atoms with E-state index in [0.29, 0.717) is 23.5 Å². The van der Waals surface area contributed by atoms with E-state index in [9.17, 15) is 5.11 Å². The molecule has 0 aliphatic carbocycles. The lowest BCUT2D eigenvalue weighted by Gasteiger charge is -2.43. The molecule has 1 atom stereocenters. The van der Waals surface area contributed by atoms with Crippen molar-refractivity contribution in [3.63, 3.8) is 0 Å². The van der Waals surface area contributed by atoms with Crippen LogP contribution in [0.5, 0.6) is 0 Å². The number of hydrogen-bond donors (Lipinski definition) is 1. The van der Waals surface area contributed by atoms with Crippen LogP contribution in [0.4, 0.5) is 0 Å². The third-order valence-electron chi connectivity index (χ3n) is 5.35. The highest BCUT2D eigenvalue weighted by Gasteiger charge is 2.57. The summed E-state index contributed by atoms with van der Waals surface area (Å²) in [7, 11) is -3.57. The van der Waals surface area contributed by atoms with Crippen LogP contribution in [0.15, 0.2) is 91.0 Å². The molecule has 0 aliphatic rings. The summed E-state index contributed by atoms with van der Waals surface area (Å²) in [5, 5.41) is 12.7. The molecule has 0 saturated heterocycles. The van der Waals surface area contributed by atoms with E-state index in [1.54, 1.807) is 0 Å². The zero-order valence-corrected chi connectivity index (χ0v) is 19.1. The molecule has 0 aromatic heterocycles. The highest BCUT2D eigenvalue weighted by atomic mass is 31.2. The summed E-state index contributed by atoms with van der Waals surface area (Å²) >= 11 is 0. The Bertz CT molecular complexity index is 911. The quantitative estimate of drug-likeness (QED) is 0.348. The molecule has 0 heterocycles. The number of benzene rings is 3. The predicted octanol–water partition coefficient (Wildman–Crippen LogP) is 4.72. The van der Waals surface area contributed by atoms with Gasteiger partial charge in [0.15, 0.2) is 0 Å². The van der Waals surface area contributed by atoms with Crippen molar-refractivity contribution in [1.29, 1.82) is 0 Å². The van der Waals surface area contributed by atoms with Gasteiger partial charge >= 0.3 is 0 Å². The fourth-order valence-electron chi connectivity index (χ4n) is 3.95. The van der Waals surface area contributed by atoms with Crippen molar-refractivity contribution in [3.8, 4) is 0 Å². The monoisotopic (exact) mass is 438 g/mol. The Morgan fingerprint density at radius 1 is 0.774 bits per heavy atom. The van der Waals surface area contributed by atoms with Crippen LogP contribution in [0.3, 0.4) is 0 Å². The number of hydrogen-bond acceptors (Lipinski definition) is 4. The zero-order valence-electron chi connectivity index (χ0n) is 18.2. The number of rotatable bonds is 11. The lowest BCUT2D eigenvalue weighted by atomic mass is 10.1. The maximum atomic E-state index is 15.1. The molecule has 1 N–H and O–H groups in total. The van der Waals surface area contributed by atoms with Gasteiger partial charge in [-0.05, 0) is 32.3 Å². The van der Waals surface area contributed by atoms with Gasteiger partial charge in [0.2, 0.25) is 7.14 Å². The van der Waals surface area contributed by atoms with Gasteiger partial charge in [0.05, 0.1) is 0 Å². The Hall–Kier alpha value is -2.23. The van der Waals surface area contributed by atoms with Crippen LogP contribution in [0.25, 0.3) is 0 Å². The minimum atomic E-state index is -3.57. The highest BCUT2D eigenvalue weighted by molar-refractivity contribution is 7.79. The topological polar surface area (TPSA) is 55.8 Å². The molecule has 1 unspecified atom stereocenters. The first kappa shape index (κ1) is 23.4. The zero-order chi connectivity index (χ0) is 22.2. The molecule has 164 valence electrons. The van der Waals surface area contributed by atoms with E-state index in [1.165, 1.54) is 0 Å². The second kappa shape index (κ2) is 10.9. The first-order valence-electron chi connectivity index (χ1n) is 10.8. The fourth-order valence-corrected chi connectivity index (χ4v) is 7.33. The standard InChI is InChI=1S/C26H31O4P/c1-3-29-26(30-4-2,25(27)21-20-22-14-8-5-9-15-22)31(28,23-16-10-6-11-17-23)24-18-12-7-13-19-24/h5-19,25,27H,3-4,20-21H2,1-2H3. The predicted molar refractivity (Wildman–Crippen MR) is 127 cm³/mol. The van der Waals surface area contributed by atoms with Crippen molar-refractivity contribution in [2.24, 2.45) is 0 Å². The Morgan fingerprint density at radius 3 is 1.61 bits per heavy atom. The second-order valence-corrected chi connectivity index (χ2v) is 10.2. The molecule has 0 spiro atoms. The van der Waals surface area contributed by atoms with Crippen LogP contribution >= 0.6 is 7.14 Å². The molecule has 3 aromatic carbocycles. The van der Waals surface area contributed by atoms with Gasteiger partial charge < -0.3 is 19.1 Å². The summed E-state index contributed by atoms with van der Waals surface area (Å²) in [5.74, 6) is 0. The fraction of sp³-hybridized carbons (Fsp3) is 0.308. The van der Waals surface area contributed by atoms with Crippen molar-refractivity contribution in [2.45, 2.75) is 38.3 Å². The smallest absolute Gasteiger partial charge is 0.257 e. The summed E-state index contributed by atoms with van der Waals surface area (Å²) < 4.78 is 27.4. The minimum absolute atomic E-state index is 0.256. The molecule has 0 bridgehead atoms. The molecule has 5 heteroatoms. The maximum Gasteiger partial charge on any atom is 0.257 e. The Balaban J connectivity index is 2.13. The highest BCUT2D eigenvalue weighted by Crippen LogP contribution is 2.59. The second-order valence-electron chi connectivity index (χ2n) is 7.32. The first-order chi connectivity index (χ1) is 15.1. The van der Waals surface area contributed by atoms with Crippen molar-refractivity contribution in [3.05, 3.63) is 96.6 Å². The number of aryl methyl sites for hydroxylation is 1. The molecular formula is C26H31O4P. The summed E-state index contributed by atoms with van der Waals surface area (Å²) in [6, 6.07) is 28.4. The van der Waals surface area contributed by atoms with Crippen LogP contribution in [-0.4, -0.2) is 30.0 Å². The summed E-state index contributed by atoms with van der Waals surface area (Å²) in [4.78, 5) is 0. The normalized spacial score (nSPS) is 13.1. The number of aliphatic hydroxyl groups excluding tert-OH is 1. The van der Waals surface area contributed by atoms with E-state index < -0.39 is 18.8 Å². The van der Waals surface area contributed by atoms with E-state index in [1.807, 2.05) is 105 Å². The van der Waals surface area contributed by atoms with Gasteiger partial charge in [-0.15, -0.1) is 0 Å². The largest absolute Gasteiger partial charge is 0.387 e. The number of ether oxygens (including phenoxy) is 2. The summed E-state index contributed by atoms with van der Waals surface area (Å²) in [5.41, 5.74) is -0.591. The Kier molecular flexibility index (Phi) is 8.22. The minimum Gasteiger partial charge on any atom is -0.387 e. The maximum absolute atomic E-state index is 15.1. The Labute approximate surface area is 185 Å². The van der Waals surface area contributed by atoms with Gasteiger partial charge in [-0.25, -0.2) is 0 Å². The van der Waals surface area contributed by atoms with Crippen LogP contribution in [-0.2, 0) is 20.5 Å². The van der Waals surface area contributed by atoms with Crippen molar-refractivity contribution in [2.75, 3.05) is 13.2 Å². The molecule has 3 rings (SSSR count). The van der Waals surface area contributed by atoms with Crippen molar-refractivity contribution >= 4 is 17.8 Å². The van der Waals surface area contributed by atoms with Crippen LogP contribution < -0.4 is 10.6 Å². The average Bonchev–Trinajstić information content (AvgIpc) is 2.83. The van der Waals surface area contributed by atoms with E-state index >= 15 is 4.57 Å². The molecule has 0 aliphatic heterocycles. The van der Waals surface area contributed by atoms with Crippen molar-refractivity contribution < 1.29 is 19.1 Å². The first-order valence-corrected chi connectivity index (χ1v) is 12.5. The van der Waals surface area contributed by atoms with Crippen molar-refractivity contribution in [1.82, 2.24) is 0 Å². The van der Waals surface area contributed by atoms with Crippen LogP contribution in [0.1, 0.15) is 25.8 Å². The third kappa shape index (κ3) is 4.83. The third-order valence-corrected chi connectivity index (χ3v) is 8.84. The lowest BCUT2D eigenvalue weighted by Crippen LogP contribution is -2.52. The summed E-state index contributed by atoms with van der Waals surface area (Å²) in [6.45, 7) is 4.17. The van der Waals surface area contributed by atoms with Crippen LogP contribution in [0.2, 0.25) is 0 Å². The van der Waals surface area contributed by atoms with Crippen LogP contribution in [0, 0.1) is 0 Å². The molecule has 3 aromatic rings. The van der Waals surface area contributed by atoms with E-state index in [4.69, 9.17) is 9.47 Å². The van der Waals surface area contributed by atoms with E-state index in [0.717, 1.165) is 5.56 Å². The van der Waals surface area contributed by atoms with Gasteiger partial charge in [0, 0.05) is 23.8 Å². The Morgan fingerprint density at radius 2 is 1.19 bits per heavy atom. The SMILES string of the molecule is CCOC(OCC)(C(O)CCc1ccccc1)P(=O)(c1ccccc1)c1ccccc1. The molecule has 0 radical (unpaired) electrons. The van der Waals surface area contributed by atoms with Gasteiger partial charge in [-0.1, -0.05) is 91.0 Å².